The molecule has 316 valence electrons. The highest BCUT2D eigenvalue weighted by atomic mass is 15.1. The molecule has 1 aliphatic rings. The van der Waals surface area contributed by atoms with Crippen LogP contribution in [0.4, 0.5) is 17.1 Å². The van der Waals surface area contributed by atoms with Crippen molar-refractivity contribution >= 4 is 66.6 Å². The highest BCUT2D eigenvalue weighted by Gasteiger charge is 2.23. The number of benzene rings is 10. The minimum atomic E-state index is 1.00. The molecular weight excluding hydrogens is 811 g/mol. The number of para-hydroxylation sites is 5. The number of fused-ring (bicyclic) bond motifs is 8. The van der Waals surface area contributed by atoms with Crippen LogP contribution < -0.4 is 4.90 Å². The van der Waals surface area contributed by atoms with Crippen molar-refractivity contribution in [1.29, 1.82) is 0 Å². The van der Waals surface area contributed by atoms with Crippen LogP contribution in [0.3, 0.4) is 0 Å². The molecule has 3 nitrogen and oxygen atoms in total. The van der Waals surface area contributed by atoms with E-state index < -0.39 is 0 Å². The topological polar surface area (TPSA) is 13.1 Å². The third kappa shape index (κ3) is 6.58. The van der Waals surface area contributed by atoms with Crippen molar-refractivity contribution in [1.82, 2.24) is 9.13 Å². The molecule has 0 saturated carbocycles. The maximum absolute atomic E-state index is 2.52. The summed E-state index contributed by atoms with van der Waals surface area (Å²) in [5.41, 5.74) is 19.1. The molecule has 2 aromatic heterocycles. The van der Waals surface area contributed by atoms with Gasteiger partial charge in [-0.1, -0.05) is 146 Å². The van der Waals surface area contributed by atoms with Crippen LogP contribution in [0.2, 0.25) is 0 Å². The molecule has 0 amide bonds. The summed E-state index contributed by atoms with van der Waals surface area (Å²) < 4.78 is 4.92. The normalized spacial score (nSPS) is 12.3. The van der Waals surface area contributed by atoms with Crippen LogP contribution in [0.15, 0.2) is 243 Å². The van der Waals surface area contributed by atoms with E-state index in [2.05, 4.69) is 263 Å². The van der Waals surface area contributed by atoms with Gasteiger partial charge in [-0.25, -0.2) is 0 Å². The van der Waals surface area contributed by atoms with Crippen LogP contribution in [0.1, 0.15) is 17.7 Å². The standard InChI is InChI=1S/C64H45N3/c1-5-21-49(22-6-1)65(50-23-7-2-8-24-50)53-29-19-20-44(41-53)46-38-47(45-36-37-62-59(42-45)55-31-15-17-34-60(55)66(62)51-25-9-3-10-26-51)40-48(39-46)58-43-63-64(56-32-14-13-30-54(56)58)57-33-16-18-35-61(57)67(63)52-27-11-4-12-28-52/h1-17,19-34,36-43H,18,35H2. The summed E-state index contributed by atoms with van der Waals surface area (Å²) in [4.78, 5) is 2.35. The van der Waals surface area contributed by atoms with Gasteiger partial charge in [0.05, 0.1) is 16.6 Å². The summed E-state index contributed by atoms with van der Waals surface area (Å²) in [7, 11) is 0. The zero-order valence-electron chi connectivity index (χ0n) is 36.9. The van der Waals surface area contributed by atoms with E-state index >= 15 is 0 Å². The first-order valence-corrected chi connectivity index (χ1v) is 23.3. The molecule has 12 aromatic rings. The van der Waals surface area contributed by atoms with E-state index in [0.717, 1.165) is 46.7 Å². The zero-order chi connectivity index (χ0) is 44.3. The quantitative estimate of drug-likeness (QED) is 0.148. The Kier molecular flexibility index (Phi) is 9.31. The fourth-order valence-corrected chi connectivity index (χ4v) is 10.7. The van der Waals surface area contributed by atoms with E-state index in [1.807, 2.05) is 0 Å². The average Bonchev–Trinajstić information content (AvgIpc) is 3.92. The summed E-state index contributed by atoms with van der Waals surface area (Å²) in [6.07, 6.45) is 6.74. The molecule has 0 aliphatic heterocycles. The van der Waals surface area contributed by atoms with E-state index in [0.29, 0.717) is 0 Å². The molecule has 0 atom stereocenters. The number of nitrogens with zero attached hydrogens (tertiary/aromatic N) is 3. The number of hydrogen-bond acceptors (Lipinski definition) is 1. The summed E-state index contributed by atoms with van der Waals surface area (Å²) in [6.45, 7) is 0. The third-order valence-electron chi connectivity index (χ3n) is 13.7. The zero-order valence-corrected chi connectivity index (χ0v) is 36.9. The fourth-order valence-electron chi connectivity index (χ4n) is 10.7. The second kappa shape index (κ2) is 16.1. The van der Waals surface area contributed by atoms with E-state index in [1.54, 1.807) is 0 Å². The Bertz CT molecular complexity index is 3800. The fraction of sp³-hybridized carbons (Fsp3) is 0.0312. The highest BCUT2D eigenvalue weighted by molar-refractivity contribution is 6.17. The number of allylic oxidation sites excluding steroid dienone is 1. The predicted molar refractivity (Wildman–Crippen MR) is 283 cm³/mol. The molecule has 0 fully saturated rings. The molecule has 0 spiro atoms. The Morgan fingerprint density at radius 3 is 1.60 bits per heavy atom. The minimum Gasteiger partial charge on any atom is -0.313 e. The number of rotatable bonds is 8. The molecule has 2 heterocycles. The smallest absolute Gasteiger partial charge is 0.0550 e. The lowest BCUT2D eigenvalue weighted by Gasteiger charge is -2.26. The van der Waals surface area contributed by atoms with E-state index in [1.165, 1.54) is 82.7 Å². The van der Waals surface area contributed by atoms with Crippen LogP contribution in [0.25, 0.3) is 94.3 Å². The third-order valence-corrected chi connectivity index (χ3v) is 13.7. The van der Waals surface area contributed by atoms with Gasteiger partial charge in [0, 0.05) is 55.9 Å². The van der Waals surface area contributed by atoms with Crippen LogP contribution >= 0.6 is 0 Å². The van der Waals surface area contributed by atoms with Crippen LogP contribution in [-0.4, -0.2) is 9.13 Å². The van der Waals surface area contributed by atoms with Crippen LogP contribution in [-0.2, 0) is 6.42 Å². The van der Waals surface area contributed by atoms with Crippen molar-refractivity contribution in [3.8, 4) is 44.8 Å². The van der Waals surface area contributed by atoms with Gasteiger partial charge >= 0.3 is 0 Å². The molecule has 3 heteroatoms. The van der Waals surface area contributed by atoms with Crippen molar-refractivity contribution in [3.63, 3.8) is 0 Å². The molecule has 13 rings (SSSR count). The first-order chi connectivity index (χ1) is 33.2. The average molecular weight is 856 g/mol. The summed E-state index contributed by atoms with van der Waals surface area (Å²) >= 11 is 0. The van der Waals surface area contributed by atoms with E-state index in [-0.39, 0.29) is 0 Å². The maximum Gasteiger partial charge on any atom is 0.0550 e. The first-order valence-electron chi connectivity index (χ1n) is 23.3. The molecule has 67 heavy (non-hydrogen) atoms. The van der Waals surface area contributed by atoms with Crippen LogP contribution in [0, 0.1) is 0 Å². The molecule has 0 unspecified atom stereocenters. The number of anilines is 3. The lowest BCUT2D eigenvalue weighted by atomic mass is 9.89. The molecule has 0 N–H and O–H groups in total. The van der Waals surface area contributed by atoms with Crippen molar-refractivity contribution in [2.75, 3.05) is 4.90 Å². The van der Waals surface area contributed by atoms with Gasteiger partial charge in [-0.15, -0.1) is 0 Å². The molecule has 0 saturated heterocycles. The van der Waals surface area contributed by atoms with Crippen molar-refractivity contribution in [3.05, 3.63) is 254 Å². The van der Waals surface area contributed by atoms with Crippen molar-refractivity contribution in [2.45, 2.75) is 12.8 Å². The van der Waals surface area contributed by atoms with Gasteiger partial charge in [0.2, 0.25) is 0 Å². The summed E-state index contributed by atoms with van der Waals surface area (Å²) in [6, 6.07) is 86.6. The van der Waals surface area contributed by atoms with E-state index in [4.69, 9.17) is 0 Å². The summed E-state index contributed by atoms with van der Waals surface area (Å²) in [5, 5.41) is 6.32. The van der Waals surface area contributed by atoms with Gasteiger partial charge in [-0.05, 0) is 160 Å². The van der Waals surface area contributed by atoms with Gasteiger partial charge in [0.25, 0.3) is 0 Å². The second-order valence-electron chi connectivity index (χ2n) is 17.6. The number of aromatic nitrogens is 2. The molecule has 1 aliphatic carbocycles. The van der Waals surface area contributed by atoms with Gasteiger partial charge < -0.3 is 14.0 Å². The van der Waals surface area contributed by atoms with Crippen LogP contribution in [0.5, 0.6) is 0 Å². The Labute approximate surface area is 390 Å². The lowest BCUT2D eigenvalue weighted by molar-refractivity contribution is 0.888. The van der Waals surface area contributed by atoms with Crippen molar-refractivity contribution in [2.24, 2.45) is 0 Å². The molecule has 10 aromatic carbocycles. The monoisotopic (exact) mass is 855 g/mol. The maximum atomic E-state index is 2.52. The van der Waals surface area contributed by atoms with E-state index in [9.17, 15) is 0 Å². The molecule has 0 radical (unpaired) electrons. The predicted octanol–water partition coefficient (Wildman–Crippen LogP) is 17.3. The minimum absolute atomic E-state index is 1.00. The van der Waals surface area contributed by atoms with Gasteiger partial charge in [0.1, 0.15) is 0 Å². The SMILES string of the molecule is C1=Cc2c(n(-c3ccccc3)c3cc(-c4cc(-c5cccc(N(c6ccccc6)c6ccccc6)c5)cc(-c5ccc6c(c5)c5ccccc5n6-c5ccccc5)c4)c4ccccc4c23)CC1. The largest absolute Gasteiger partial charge is 0.313 e. The first kappa shape index (κ1) is 38.8. The van der Waals surface area contributed by atoms with Gasteiger partial charge in [-0.3, -0.25) is 0 Å². The molecular formula is C64H45N3. The van der Waals surface area contributed by atoms with Crippen molar-refractivity contribution < 1.29 is 0 Å². The highest BCUT2D eigenvalue weighted by Crippen LogP contribution is 2.45. The van der Waals surface area contributed by atoms with Gasteiger partial charge in [-0.2, -0.15) is 0 Å². The van der Waals surface area contributed by atoms with Gasteiger partial charge in [0.15, 0.2) is 0 Å². The Hall–Kier alpha value is -8.66. The summed E-state index contributed by atoms with van der Waals surface area (Å²) in [5.74, 6) is 0. The molecule has 0 bridgehead atoms. The Balaban J connectivity index is 1.07. The Morgan fingerprint density at radius 2 is 0.896 bits per heavy atom. The number of hydrogen-bond donors (Lipinski definition) is 0. The lowest BCUT2D eigenvalue weighted by Crippen LogP contribution is -2.09. The Morgan fingerprint density at radius 1 is 0.343 bits per heavy atom. The second-order valence-corrected chi connectivity index (χ2v) is 17.6.